The molecule has 1 aromatic carbocycles. The molecule has 2 aliphatic rings. The molecule has 4 rings (SSSR count). The highest BCUT2D eigenvalue weighted by Crippen LogP contribution is 2.45. The van der Waals surface area contributed by atoms with Crippen LogP contribution in [0, 0.1) is 0 Å². The Labute approximate surface area is 210 Å². The number of hydrogen-bond acceptors (Lipinski definition) is 9. The molecule has 9 nitrogen and oxygen atoms in total. The highest BCUT2D eigenvalue weighted by Gasteiger charge is 2.35. The molecule has 13 heteroatoms. The first kappa shape index (κ1) is 24.3. The lowest BCUT2D eigenvalue weighted by Gasteiger charge is -2.17. The van der Waals surface area contributed by atoms with Gasteiger partial charge in [-0.1, -0.05) is 47.9 Å². The maximum Gasteiger partial charge on any atom is 0.323 e. The van der Waals surface area contributed by atoms with Crippen molar-refractivity contribution in [2.45, 2.75) is 18.4 Å². The minimum absolute atomic E-state index is 0.0384. The van der Waals surface area contributed by atoms with E-state index in [1.165, 1.54) is 0 Å². The largest absolute Gasteiger partial charge is 0.480 e. The van der Waals surface area contributed by atoms with Crippen LogP contribution in [0.5, 0.6) is 0 Å². The summed E-state index contributed by atoms with van der Waals surface area (Å²) in [4.78, 5) is 52.5. The Kier molecular flexibility index (Phi) is 6.98. The summed E-state index contributed by atoms with van der Waals surface area (Å²) in [6, 6.07) is 7.93. The number of hydrogen-bond donors (Lipinski definition) is 2. The first-order chi connectivity index (χ1) is 16.2. The predicted octanol–water partition coefficient (Wildman–Crippen LogP) is 1.30. The molecule has 1 aromatic heterocycles. The third-order valence-electron chi connectivity index (χ3n) is 4.87. The quantitative estimate of drug-likeness (QED) is 0.524. The van der Waals surface area contributed by atoms with Crippen LogP contribution in [0.15, 0.2) is 45.1 Å². The van der Waals surface area contributed by atoms with Gasteiger partial charge in [-0.05, 0) is 31.2 Å². The van der Waals surface area contributed by atoms with Gasteiger partial charge < -0.3 is 15.1 Å². The predicted molar refractivity (Wildman–Crippen MR) is 136 cm³/mol. The summed E-state index contributed by atoms with van der Waals surface area (Å²) in [7, 11) is 0. The summed E-state index contributed by atoms with van der Waals surface area (Å²) in [5, 5.41) is 19.3. The van der Waals surface area contributed by atoms with Crippen LogP contribution < -0.4 is 19.7 Å². The maximum absolute atomic E-state index is 13.1. The average Bonchev–Trinajstić information content (AvgIpc) is 3.39. The number of carbonyl (C=O) groups is 3. The van der Waals surface area contributed by atoms with E-state index in [1.54, 1.807) is 23.9 Å². The van der Waals surface area contributed by atoms with E-state index in [-0.39, 0.29) is 18.4 Å². The zero-order chi connectivity index (χ0) is 24.6. The Bertz CT molecular complexity index is 1440. The number of allylic oxidation sites excluding steroid dienone is 1. The van der Waals surface area contributed by atoms with Crippen LogP contribution in [-0.2, 0) is 20.9 Å². The molecule has 2 aliphatic heterocycles. The van der Waals surface area contributed by atoms with Gasteiger partial charge in [0.1, 0.15) is 27.0 Å². The fourth-order valence-corrected chi connectivity index (χ4v) is 7.01. The van der Waals surface area contributed by atoms with Gasteiger partial charge in [-0.2, -0.15) is 0 Å². The number of thioether (sulfide) groups is 2. The highest BCUT2D eigenvalue weighted by molar-refractivity contribution is 8.30. The number of fused-ring (bicyclic) bond motifs is 1. The lowest BCUT2D eigenvalue weighted by Crippen LogP contribution is -2.36. The molecule has 0 radical (unpaired) electrons. The molecule has 2 N–H and O–H groups in total. The lowest BCUT2D eigenvalue weighted by atomic mass is 10.3. The van der Waals surface area contributed by atoms with E-state index in [2.05, 4.69) is 4.90 Å². The summed E-state index contributed by atoms with van der Waals surface area (Å²) in [6.07, 6.45) is 3.41. The monoisotopic (exact) mass is 535 g/mol. The van der Waals surface area contributed by atoms with E-state index in [0.29, 0.717) is 0 Å². The maximum atomic E-state index is 13.1. The number of nitrogens with zero attached hydrogens (tertiary/aromatic N) is 3. The van der Waals surface area contributed by atoms with Gasteiger partial charge in [0.05, 0.1) is 15.2 Å². The van der Waals surface area contributed by atoms with Crippen molar-refractivity contribution in [2.24, 2.45) is 0 Å². The number of thiazole rings is 1. The highest BCUT2D eigenvalue weighted by atomic mass is 32.2. The molecular formula is C21H17N3O6S4. The summed E-state index contributed by atoms with van der Waals surface area (Å²) in [6.45, 7) is 1.49. The minimum Gasteiger partial charge on any atom is -0.480 e. The number of thiocarbonyl (C=S) groups is 1. The Morgan fingerprint density at radius 1 is 1.03 bits per heavy atom. The van der Waals surface area contributed by atoms with Crippen molar-refractivity contribution in [3.05, 3.63) is 54.9 Å². The van der Waals surface area contributed by atoms with Crippen LogP contribution in [-0.4, -0.2) is 54.9 Å². The fraction of sp³-hybridized carbons (Fsp3) is 0.190. The summed E-state index contributed by atoms with van der Waals surface area (Å²) in [5.41, 5.74) is 0.520. The van der Waals surface area contributed by atoms with Gasteiger partial charge in [0, 0.05) is 11.4 Å². The molecule has 1 fully saturated rings. The van der Waals surface area contributed by atoms with Crippen molar-refractivity contribution < 1.29 is 24.6 Å². The SMILES string of the molecule is CCN1/C(=C\C=c2\s/c(=C3\SC(=S)N(CC(=O)O)C3=O)n(CC(=O)O)c2=O)Sc2ccccc21. The van der Waals surface area contributed by atoms with Crippen molar-refractivity contribution in [2.75, 3.05) is 18.0 Å². The van der Waals surface area contributed by atoms with Crippen molar-refractivity contribution in [1.82, 2.24) is 9.47 Å². The first-order valence-corrected chi connectivity index (χ1v) is 12.7. The summed E-state index contributed by atoms with van der Waals surface area (Å²) >= 11 is 8.52. The van der Waals surface area contributed by atoms with Gasteiger partial charge in [0.15, 0.2) is 0 Å². The van der Waals surface area contributed by atoms with Crippen molar-refractivity contribution in [1.29, 1.82) is 0 Å². The number of aliphatic carboxylic acids is 2. The minimum atomic E-state index is -1.24. The number of rotatable bonds is 6. The molecule has 1 saturated heterocycles. The van der Waals surface area contributed by atoms with E-state index in [1.807, 2.05) is 31.2 Å². The molecule has 0 atom stereocenters. The Morgan fingerprint density at radius 2 is 1.74 bits per heavy atom. The number of amides is 1. The number of para-hydroxylation sites is 1. The van der Waals surface area contributed by atoms with Crippen molar-refractivity contribution in [3.8, 4) is 0 Å². The second kappa shape index (κ2) is 9.78. The molecule has 0 aliphatic carbocycles. The zero-order valence-corrected chi connectivity index (χ0v) is 20.9. The number of aromatic nitrogens is 1. The topological polar surface area (TPSA) is 120 Å². The van der Waals surface area contributed by atoms with Gasteiger partial charge in [-0.15, -0.1) is 11.3 Å². The standard InChI is InChI=1S/C21H17N3O6S4/c1-2-22-11-5-3-4-6-12(11)32-14(22)8-7-13-18(29)23(9-15(25)26)20(33-13)17-19(30)24(10-16(27)28)21(31)34-17/h3-8H,2,9-10H2,1H3,(H,25,26)(H,27,28)/b13-7+,14-8+,20-17-. The molecule has 34 heavy (non-hydrogen) atoms. The second-order valence-corrected chi connectivity index (χ2v) is 10.8. The van der Waals surface area contributed by atoms with E-state index in [4.69, 9.17) is 17.3 Å². The molecule has 0 unspecified atom stereocenters. The number of carboxylic acid groups (broad SMARTS) is 2. The molecule has 3 heterocycles. The molecule has 176 valence electrons. The van der Waals surface area contributed by atoms with Crippen LogP contribution in [0.2, 0.25) is 0 Å². The van der Waals surface area contributed by atoms with E-state index >= 15 is 0 Å². The summed E-state index contributed by atoms with van der Waals surface area (Å²) in [5.74, 6) is -3.14. The molecular weight excluding hydrogens is 519 g/mol. The van der Waals surface area contributed by atoms with Gasteiger partial charge in [0.2, 0.25) is 0 Å². The van der Waals surface area contributed by atoms with Gasteiger partial charge >= 0.3 is 11.9 Å². The first-order valence-electron chi connectivity index (χ1n) is 9.89. The van der Waals surface area contributed by atoms with Gasteiger partial charge in [-0.25, -0.2) is 0 Å². The van der Waals surface area contributed by atoms with Crippen LogP contribution >= 0.6 is 47.1 Å². The van der Waals surface area contributed by atoms with E-state index < -0.39 is 36.5 Å². The third kappa shape index (κ3) is 4.56. The number of anilines is 1. The lowest BCUT2D eigenvalue weighted by molar-refractivity contribution is -0.140. The zero-order valence-electron chi connectivity index (χ0n) is 17.6. The average molecular weight is 536 g/mol. The summed E-state index contributed by atoms with van der Waals surface area (Å²) < 4.78 is 1.44. The van der Waals surface area contributed by atoms with Crippen LogP contribution in [0.1, 0.15) is 6.92 Å². The fourth-order valence-electron chi connectivity index (χ4n) is 3.43. The third-order valence-corrected chi connectivity index (χ3v) is 8.71. The van der Waals surface area contributed by atoms with Crippen LogP contribution in [0.4, 0.5) is 5.69 Å². The van der Waals surface area contributed by atoms with Gasteiger partial charge in [0.25, 0.3) is 11.5 Å². The molecule has 0 bridgehead atoms. The molecule has 0 spiro atoms. The Hall–Kier alpha value is -2.87. The Balaban J connectivity index is 1.83. The van der Waals surface area contributed by atoms with Crippen LogP contribution in [0.25, 0.3) is 11.0 Å². The molecule has 0 saturated carbocycles. The Morgan fingerprint density at radius 3 is 2.41 bits per heavy atom. The van der Waals surface area contributed by atoms with E-state index in [9.17, 15) is 24.3 Å². The van der Waals surface area contributed by atoms with Crippen molar-refractivity contribution in [3.63, 3.8) is 0 Å². The normalized spacial score (nSPS) is 18.9. The smallest absolute Gasteiger partial charge is 0.323 e. The number of carboxylic acids is 2. The number of carbonyl (C=O) groups excluding carboxylic acids is 1. The number of benzene rings is 1. The molecule has 1 amide bonds. The van der Waals surface area contributed by atoms with Gasteiger partial charge in [-0.3, -0.25) is 28.6 Å². The van der Waals surface area contributed by atoms with E-state index in [0.717, 1.165) is 54.7 Å². The van der Waals surface area contributed by atoms with Crippen LogP contribution in [0.3, 0.4) is 0 Å². The molecule has 2 aromatic rings. The van der Waals surface area contributed by atoms with Crippen molar-refractivity contribution >= 4 is 85.9 Å². The second-order valence-electron chi connectivity index (χ2n) is 7.02.